The molecule has 140 valence electrons. The minimum absolute atomic E-state index is 0.209. The number of hydrogen-bond donors (Lipinski definition) is 2. The van der Waals surface area contributed by atoms with Crippen molar-refractivity contribution < 1.29 is 9.53 Å². The summed E-state index contributed by atoms with van der Waals surface area (Å²) in [5, 5.41) is 2.87. The predicted molar refractivity (Wildman–Crippen MR) is 114 cm³/mol. The highest BCUT2D eigenvalue weighted by Gasteiger charge is 2.15. The number of carbonyl (C=O) groups excluding carboxylic acids is 1. The van der Waals surface area contributed by atoms with E-state index in [9.17, 15) is 4.79 Å². The second-order valence-electron chi connectivity index (χ2n) is 6.38. The summed E-state index contributed by atoms with van der Waals surface area (Å²) in [4.78, 5) is 20.3. The van der Waals surface area contributed by atoms with E-state index in [1.165, 1.54) is 0 Å². The number of halogens is 1. The van der Waals surface area contributed by atoms with Crippen LogP contribution in [0.1, 0.15) is 6.92 Å². The monoisotopic (exact) mass is 435 g/mol. The zero-order chi connectivity index (χ0) is 19.5. The maximum atomic E-state index is 12.4. The van der Waals surface area contributed by atoms with Gasteiger partial charge < -0.3 is 15.0 Å². The molecular formula is C22H18BrN3O2. The molecule has 6 heteroatoms. The Kier molecular flexibility index (Phi) is 5.12. The van der Waals surface area contributed by atoms with Gasteiger partial charge in [0, 0.05) is 15.7 Å². The highest BCUT2D eigenvalue weighted by molar-refractivity contribution is 9.10. The van der Waals surface area contributed by atoms with Crippen LogP contribution >= 0.6 is 15.9 Å². The normalized spacial score (nSPS) is 11.9. The first-order chi connectivity index (χ1) is 13.6. The lowest BCUT2D eigenvalue weighted by Gasteiger charge is -2.15. The van der Waals surface area contributed by atoms with Gasteiger partial charge in [0.25, 0.3) is 5.91 Å². The minimum atomic E-state index is -0.615. The van der Waals surface area contributed by atoms with Crippen LogP contribution in [0.2, 0.25) is 0 Å². The average Bonchev–Trinajstić information content (AvgIpc) is 3.14. The van der Waals surface area contributed by atoms with Crippen LogP contribution in [-0.4, -0.2) is 22.0 Å². The van der Waals surface area contributed by atoms with E-state index in [2.05, 4.69) is 31.2 Å². The Bertz CT molecular complexity index is 1070. The quantitative estimate of drug-likeness (QED) is 0.440. The summed E-state index contributed by atoms with van der Waals surface area (Å²) < 4.78 is 6.64. The molecule has 0 aliphatic rings. The Balaban J connectivity index is 1.42. The minimum Gasteiger partial charge on any atom is -0.481 e. The Hall–Kier alpha value is -3.12. The molecule has 1 amide bonds. The number of para-hydroxylation sites is 2. The summed E-state index contributed by atoms with van der Waals surface area (Å²) in [5.74, 6) is 1.23. The summed E-state index contributed by atoms with van der Waals surface area (Å²) in [7, 11) is 0. The van der Waals surface area contributed by atoms with Crippen LogP contribution in [0.25, 0.3) is 22.4 Å². The lowest BCUT2D eigenvalue weighted by molar-refractivity contribution is -0.122. The first-order valence-corrected chi connectivity index (χ1v) is 9.66. The van der Waals surface area contributed by atoms with Crippen molar-refractivity contribution in [1.82, 2.24) is 9.97 Å². The number of fused-ring (bicyclic) bond motifs is 1. The number of anilines is 1. The van der Waals surface area contributed by atoms with E-state index >= 15 is 0 Å². The van der Waals surface area contributed by atoms with Crippen LogP contribution in [0, 0.1) is 0 Å². The van der Waals surface area contributed by atoms with Gasteiger partial charge >= 0.3 is 0 Å². The number of amides is 1. The highest BCUT2D eigenvalue weighted by Crippen LogP contribution is 2.22. The van der Waals surface area contributed by atoms with E-state index in [-0.39, 0.29) is 5.91 Å². The molecule has 1 aromatic heterocycles. The van der Waals surface area contributed by atoms with E-state index in [4.69, 9.17) is 4.74 Å². The molecular weight excluding hydrogens is 418 g/mol. The third-order valence-corrected chi connectivity index (χ3v) is 4.84. The molecule has 1 atom stereocenters. The van der Waals surface area contributed by atoms with Crippen molar-refractivity contribution in [3.05, 3.63) is 77.3 Å². The SMILES string of the molecule is CC(Oc1ccc(Br)cc1)C(=O)Nc1ccc(-c2nc3ccccc3[nH]2)cc1. The van der Waals surface area contributed by atoms with Crippen LogP contribution in [-0.2, 0) is 4.79 Å². The molecule has 0 saturated heterocycles. The number of rotatable bonds is 5. The third-order valence-electron chi connectivity index (χ3n) is 4.31. The zero-order valence-electron chi connectivity index (χ0n) is 15.1. The molecule has 0 bridgehead atoms. The molecule has 3 aromatic carbocycles. The summed E-state index contributed by atoms with van der Waals surface area (Å²) in [6.45, 7) is 1.72. The maximum absolute atomic E-state index is 12.4. The fraction of sp³-hybridized carbons (Fsp3) is 0.0909. The lowest BCUT2D eigenvalue weighted by atomic mass is 10.2. The summed E-state index contributed by atoms with van der Waals surface area (Å²) in [5.41, 5.74) is 3.58. The lowest BCUT2D eigenvalue weighted by Crippen LogP contribution is -2.30. The number of hydrogen-bond acceptors (Lipinski definition) is 3. The summed E-state index contributed by atoms with van der Waals surface area (Å²) in [6, 6.07) is 22.8. The molecule has 0 radical (unpaired) electrons. The molecule has 5 nitrogen and oxygen atoms in total. The Morgan fingerprint density at radius 1 is 1.04 bits per heavy atom. The fourth-order valence-corrected chi connectivity index (χ4v) is 3.08. The molecule has 28 heavy (non-hydrogen) atoms. The molecule has 0 fully saturated rings. The fourth-order valence-electron chi connectivity index (χ4n) is 2.82. The largest absolute Gasteiger partial charge is 0.481 e. The number of nitrogens with one attached hydrogen (secondary N) is 2. The number of nitrogens with zero attached hydrogens (tertiary/aromatic N) is 1. The average molecular weight is 436 g/mol. The van der Waals surface area contributed by atoms with Crippen molar-refractivity contribution in [3.63, 3.8) is 0 Å². The van der Waals surface area contributed by atoms with Gasteiger partial charge in [0.1, 0.15) is 11.6 Å². The van der Waals surface area contributed by atoms with Crippen molar-refractivity contribution in [2.75, 3.05) is 5.32 Å². The number of aromatic nitrogens is 2. The van der Waals surface area contributed by atoms with Crippen LogP contribution in [0.3, 0.4) is 0 Å². The topological polar surface area (TPSA) is 67.0 Å². The Labute approximate surface area is 170 Å². The number of carbonyl (C=O) groups is 1. The number of benzene rings is 3. The standard InChI is InChI=1S/C22H18BrN3O2/c1-14(28-18-12-8-16(23)9-13-18)22(27)24-17-10-6-15(7-11-17)21-25-19-4-2-3-5-20(19)26-21/h2-14H,1H3,(H,24,27)(H,25,26). The predicted octanol–water partition coefficient (Wildman–Crippen LogP) is 5.40. The molecule has 0 spiro atoms. The van der Waals surface area contributed by atoms with Gasteiger partial charge in [0.05, 0.1) is 11.0 Å². The van der Waals surface area contributed by atoms with Gasteiger partial charge in [0.15, 0.2) is 6.10 Å². The van der Waals surface area contributed by atoms with Crippen LogP contribution in [0.4, 0.5) is 5.69 Å². The van der Waals surface area contributed by atoms with E-state index in [0.717, 1.165) is 26.9 Å². The molecule has 0 saturated carbocycles. The first kappa shape index (κ1) is 18.3. The second kappa shape index (κ2) is 7.86. The van der Waals surface area contributed by atoms with Gasteiger partial charge in [-0.25, -0.2) is 4.98 Å². The molecule has 2 N–H and O–H groups in total. The highest BCUT2D eigenvalue weighted by atomic mass is 79.9. The molecule has 1 heterocycles. The van der Waals surface area contributed by atoms with Crippen LogP contribution in [0.5, 0.6) is 5.75 Å². The van der Waals surface area contributed by atoms with Crippen molar-refractivity contribution in [3.8, 4) is 17.1 Å². The van der Waals surface area contributed by atoms with E-state index in [1.54, 1.807) is 6.92 Å². The molecule has 1 unspecified atom stereocenters. The number of ether oxygens (including phenoxy) is 1. The third kappa shape index (κ3) is 4.07. The number of H-pyrrole nitrogens is 1. The zero-order valence-corrected chi connectivity index (χ0v) is 16.7. The van der Waals surface area contributed by atoms with Gasteiger partial charge in [-0.05, 0) is 67.6 Å². The van der Waals surface area contributed by atoms with Gasteiger partial charge in [-0.2, -0.15) is 0 Å². The molecule has 4 aromatic rings. The Morgan fingerprint density at radius 2 is 1.75 bits per heavy atom. The summed E-state index contributed by atoms with van der Waals surface area (Å²) >= 11 is 3.38. The molecule has 0 aliphatic carbocycles. The number of imidazole rings is 1. The van der Waals surface area contributed by atoms with E-state index in [1.807, 2.05) is 72.8 Å². The van der Waals surface area contributed by atoms with Crippen molar-refractivity contribution in [2.24, 2.45) is 0 Å². The smallest absolute Gasteiger partial charge is 0.265 e. The van der Waals surface area contributed by atoms with Crippen molar-refractivity contribution in [2.45, 2.75) is 13.0 Å². The second-order valence-corrected chi connectivity index (χ2v) is 7.30. The van der Waals surface area contributed by atoms with Crippen LogP contribution < -0.4 is 10.1 Å². The van der Waals surface area contributed by atoms with Gasteiger partial charge in [-0.1, -0.05) is 28.1 Å². The van der Waals surface area contributed by atoms with Gasteiger partial charge in [0.2, 0.25) is 0 Å². The Morgan fingerprint density at radius 3 is 2.46 bits per heavy atom. The molecule has 4 rings (SSSR count). The van der Waals surface area contributed by atoms with E-state index in [0.29, 0.717) is 11.4 Å². The van der Waals surface area contributed by atoms with Crippen molar-refractivity contribution in [1.29, 1.82) is 0 Å². The maximum Gasteiger partial charge on any atom is 0.265 e. The first-order valence-electron chi connectivity index (χ1n) is 8.87. The number of aromatic amines is 1. The van der Waals surface area contributed by atoms with Crippen LogP contribution in [0.15, 0.2) is 77.3 Å². The van der Waals surface area contributed by atoms with E-state index < -0.39 is 6.10 Å². The van der Waals surface area contributed by atoms with Gasteiger partial charge in [-0.3, -0.25) is 4.79 Å². The summed E-state index contributed by atoms with van der Waals surface area (Å²) in [6.07, 6.45) is -0.615. The van der Waals surface area contributed by atoms with Crippen molar-refractivity contribution >= 4 is 38.6 Å². The van der Waals surface area contributed by atoms with Gasteiger partial charge in [-0.15, -0.1) is 0 Å². The molecule has 0 aliphatic heterocycles.